The van der Waals surface area contributed by atoms with E-state index < -0.39 is 59.5 Å². The Morgan fingerprint density at radius 3 is 2.48 bits per heavy atom. The number of nitrogens with one attached hydrogen (secondary N) is 2. The smallest absolute Gasteiger partial charge is 0.243 e. The van der Waals surface area contributed by atoms with Crippen LogP contribution in [0.2, 0.25) is 0 Å². The van der Waals surface area contributed by atoms with E-state index >= 15 is 0 Å². The third-order valence-corrected chi connectivity index (χ3v) is 14.4. The molecular weight excluding hydrogens is 783 g/mol. The van der Waals surface area contributed by atoms with Gasteiger partial charge in [0.15, 0.2) is 5.78 Å². The first kappa shape index (κ1) is 47.4. The molecule has 2 bridgehead atoms. The van der Waals surface area contributed by atoms with Crippen LogP contribution in [0.4, 0.5) is 0 Å². The van der Waals surface area contributed by atoms with Crippen molar-refractivity contribution in [2.75, 3.05) is 13.2 Å². The Labute approximate surface area is 367 Å². The summed E-state index contributed by atoms with van der Waals surface area (Å²) in [6.45, 7) is 11.4. The van der Waals surface area contributed by atoms with Crippen LogP contribution in [0.15, 0.2) is 101 Å². The van der Waals surface area contributed by atoms with E-state index in [4.69, 9.17) is 5.73 Å². The van der Waals surface area contributed by atoms with Gasteiger partial charge in [-0.3, -0.25) is 14.9 Å². The molecule has 2 aromatic rings. The highest BCUT2D eigenvalue weighted by Gasteiger charge is 2.64. The monoisotopic (exact) mass is 852 g/mol. The van der Waals surface area contributed by atoms with Crippen molar-refractivity contribution < 1.29 is 40.2 Å². The SMILES string of the molecule is C=C(C=CC=C(CO)[C@H]1CC[C@@]2([C@@H]3CC[C@H](O)Cc4cccc(c4)CC[C@H](O)CN[C@H]4C(=O)N[C@@H](N)c5cccc(c54)CC(=O)C(C)=C3CC[C@@]2(C)O)[C@@H]1O)[C@H](O)CC=C(C)C. The molecule has 2 aliphatic carbocycles. The number of Topliss-reactive ketones (excluding diaryl/α,β-unsaturated/α-hetero) is 1. The van der Waals surface area contributed by atoms with Crippen molar-refractivity contribution in [1.29, 1.82) is 0 Å². The second-order valence-corrected chi connectivity index (χ2v) is 18.8. The van der Waals surface area contributed by atoms with Gasteiger partial charge in [0.2, 0.25) is 5.91 Å². The van der Waals surface area contributed by atoms with Gasteiger partial charge in [0.25, 0.3) is 0 Å². The largest absolute Gasteiger partial charge is 0.393 e. The predicted octanol–water partition coefficient (Wildman–Crippen LogP) is 5.19. The van der Waals surface area contributed by atoms with E-state index in [-0.39, 0.29) is 31.3 Å². The molecule has 0 radical (unpaired) electrons. The Hall–Kier alpha value is -4.04. The summed E-state index contributed by atoms with van der Waals surface area (Å²) in [7, 11) is 0. The van der Waals surface area contributed by atoms with Gasteiger partial charge in [0, 0.05) is 24.3 Å². The van der Waals surface area contributed by atoms with E-state index in [1.807, 2.05) is 69.3 Å². The molecule has 4 aliphatic rings. The van der Waals surface area contributed by atoms with Crippen molar-refractivity contribution in [2.45, 2.75) is 141 Å². The second kappa shape index (κ2) is 20.2. The van der Waals surface area contributed by atoms with E-state index in [2.05, 4.69) is 17.2 Å². The van der Waals surface area contributed by atoms with Crippen LogP contribution in [0.3, 0.4) is 0 Å². The minimum atomic E-state index is -1.35. The van der Waals surface area contributed by atoms with Crippen molar-refractivity contribution in [1.82, 2.24) is 10.6 Å². The number of β-amino-alcohol motifs (C(OH)–C–C–N with tert-alkyl or cyclic N) is 1. The Kier molecular flexibility index (Phi) is 15.5. The number of rotatable bonds is 7. The maximum Gasteiger partial charge on any atom is 0.243 e. The molecule has 0 saturated heterocycles. The molecule has 0 unspecified atom stereocenters. The van der Waals surface area contributed by atoms with Gasteiger partial charge < -0.3 is 41.7 Å². The van der Waals surface area contributed by atoms with Gasteiger partial charge in [0.1, 0.15) is 12.2 Å². The lowest BCUT2D eigenvalue weighted by Gasteiger charge is -2.56. The summed E-state index contributed by atoms with van der Waals surface area (Å²) in [5.74, 6) is -1.48. The zero-order valence-electron chi connectivity index (χ0n) is 36.9. The summed E-state index contributed by atoms with van der Waals surface area (Å²) in [6, 6.07) is 12.6. The fourth-order valence-corrected chi connectivity index (χ4v) is 10.8. The second-order valence-electron chi connectivity index (χ2n) is 18.8. The number of nitrogens with two attached hydrogens (primary N) is 1. The third-order valence-electron chi connectivity index (χ3n) is 14.4. The number of hydrogen-bond acceptors (Lipinski definition) is 10. The van der Waals surface area contributed by atoms with Crippen molar-refractivity contribution in [3.05, 3.63) is 129 Å². The molecule has 336 valence electrons. The number of aryl methyl sites for hydroxylation is 1. The maximum absolute atomic E-state index is 14.7. The van der Waals surface area contributed by atoms with Crippen LogP contribution in [-0.4, -0.2) is 85.5 Å². The van der Waals surface area contributed by atoms with Crippen molar-refractivity contribution >= 4 is 11.7 Å². The Morgan fingerprint density at radius 2 is 1.74 bits per heavy atom. The summed E-state index contributed by atoms with van der Waals surface area (Å²) >= 11 is 0. The summed E-state index contributed by atoms with van der Waals surface area (Å²) in [6.07, 6.45) is 7.21. The predicted molar refractivity (Wildman–Crippen MR) is 241 cm³/mol. The quantitative estimate of drug-likeness (QED) is 0.132. The lowest BCUT2D eigenvalue weighted by molar-refractivity contribution is -0.168. The molecule has 11 heteroatoms. The highest BCUT2D eigenvalue weighted by Crippen LogP contribution is 2.63. The molecule has 10 atom stereocenters. The molecule has 2 aliphatic heterocycles. The van der Waals surface area contributed by atoms with Crippen LogP contribution >= 0.6 is 0 Å². The molecule has 6 rings (SSSR count). The number of aliphatic hydroxyl groups excluding tert-OH is 5. The zero-order chi connectivity index (χ0) is 44.9. The first-order chi connectivity index (χ1) is 29.5. The third kappa shape index (κ3) is 10.2. The number of amides is 1. The highest BCUT2D eigenvalue weighted by molar-refractivity contribution is 5.98. The van der Waals surface area contributed by atoms with Gasteiger partial charge >= 0.3 is 0 Å². The number of fused-ring (bicyclic) bond motifs is 4. The van der Waals surface area contributed by atoms with Gasteiger partial charge in [-0.05, 0) is 142 Å². The minimum absolute atomic E-state index is 0.0180. The number of benzene rings is 2. The first-order valence-electron chi connectivity index (χ1n) is 22.4. The Morgan fingerprint density at radius 1 is 1.00 bits per heavy atom. The van der Waals surface area contributed by atoms with Crippen LogP contribution in [0, 0.1) is 17.3 Å². The number of aliphatic hydroxyl groups is 6. The molecular formula is C51H69N3O8. The molecule has 2 saturated carbocycles. The van der Waals surface area contributed by atoms with E-state index in [1.54, 1.807) is 25.2 Å². The maximum atomic E-state index is 14.7. The topological polar surface area (TPSA) is 206 Å². The first-order valence-corrected chi connectivity index (χ1v) is 22.4. The van der Waals surface area contributed by atoms with Gasteiger partial charge in [-0.25, -0.2) is 0 Å². The van der Waals surface area contributed by atoms with E-state index in [0.29, 0.717) is 97.6 Å². The highest BCUT2D eigenvalue weighted by atomic mass is 16.3. The molecule has 2 fully saturated rings. The molecule has 0 aromatic heterocycles. The average molecular weight is 852 g/mol. The fraction of sp³-hybridized carbons (Fsp3) is 0.529. The normalized spacial score (nSPS) is 31.9. The standard InChI is InChI=1S/C51H69N3O8/c1-30(2)15-20-43(58)31(3)9-6-13-36(29-55)40-22-24-51(47(40)60)42-19-18-37(56)26-34-11-7-10-33(25-34)16-17-38(57)28-53-46-45-35(12-8-14-41(45)48(52)54-49(46)61)27-44(59)32(4)39(42)21-23-50(51,5)62/h6-15,25,37-38,40,42-43,46-48,53,55-58,60,62H,3,16-24,26-29,52H2,1-2,4-5H3,(H,54,61)/t37-,38-,40+,42+,43+,46+,47+,48+,50+,51+/m0/s1. The molecule has 11 nitrogen and oxygen atoms in total. The lowest BCUT2D eigenvalue weighted by atomic mass is 9.52. The number of ketones is 1. The molecule has 62 heavy (non-hydrogen) atoms. The Bertz CT molecular complexity index is 2100. The van der Waals surface area contributed by atoms with E-state index in [9.17, 15) is 40.2 Å². The lowest BCUT2D eigenvalue weighted by Crippen LogP contribution is -2.59. The summed E-state index contributed by atoms with van der Waals surface area (Å²) in [5, 5.41) is 75.3. The molecule has 2 heterocycles. The number of carbonyl (C=O) groups excluding carboxylic acids is 2. The number of allylic oxidation sites excluding steroid dienone is 5. The summed E-state index contributed by atoms with van der Waals surface area (Å²) in [5.41, 5.74) is 11.5. The minimum Gasteiger partial charge on any atom is -0.393 e. The average Bonchev–Trinajstić information content (AvgIpc) is 3.57. The van der Waals surface area contributed by atoms with Crippen LogP contribution in [0.25, 0.3) is 0 Å². The van der Waals surface area contributed by atoms with Gasteiger partial charge in [-0.15, -0.1) is 0 Å². The van der Waals surface area contributed by atoms with Crippen LogP contribution in [-0.2, 0) is 28.9 Å². The van der Waals surface area contributed by atoms with Crippen molar-refractivity contribution in [3.63, 3.8) is 0 Å². The Balaban J connectivity index is 1.40. The van der Waals surface area contributed by atoms with Crippen LogP contribution in [0.5, 0.6) is 0 Å². The van der Waals surface area contributed by atoms with Gasteiger partial charge in [-0.2, -0.15) is 0 Å². The molecule has 10 N–H and O–H groups in total. The van der Waals surface area contributed by atoms with Crippen LogP contribution < -0.4 is 16.4 Å². The van der Waals surface area contributed by atoms with Crippen molar-refractivity contribution in [3.8, 4) is 0 Å². The molecule has 1 spiro atoms. The van der Waals surface area contributed by atoms with Gasteiger partial charge in [0.05, 0.1) is 36.6 Å². The number of hydrogen-bond donors (Lipinski definition) is 9. The van der Waals surface area contributed by atoms with Crippen LogP contribution in [0.1, 0.15) is 119 Å². The van der Waals surface area contributed by atoms with Gasteiger partial charge in [-0.1, -0.05) is 84.5 Å². The van der Waals surface area contributed by atoms with E-state index in [1.165, 1.54) is 0 Å². The molecule has 1 amide bonds. The summed E-state index contributed by atoms with van der Waals surface area (Å²) in [4.78, 5) is 28.2. The van der Waals surface area contributed by atoms with E-state index in [0.717, 1.165) is 22.3 Å². The summed E-state index contributed by atoms with van der Waals surface area (Å²) < 4.78 is 0. The molecule has 2 aromatic carbocycles. The van der Waals surface area contributed by atoms with Crippen molar-refractivity contribution in [2.24, 2.45) is 23.0 Å². The fourth-order valence-electron chi connectivity index (χ4n) is 10.8. The number of carbonyl (C=O) groups is 2. The zero-order valence-corrected chi connectivity index (χ0v) is 36.9.